The van der Waals surface area contributed by atoms with Crippen molar-refractivity contribution < 1.29 is 32.1 Å². The minimum absolute atomic E-state index is 0.133. The van der Waals surface area contributed by atoms with E-state index >= 15 is 0 Å². The van der Waals surface area contributed by atoms with Gasteiger partial charge in [0.15, 0.2) is 0 Å². The molecule has 0 unspecified atom stereocenters. The fourth-order valence-electron chi connectivity index (χ4n) is 3.39. The highest BCUT2D eigenvalue weighted by molar-refractivity contribution is 5.49. The number of hydrogen-bond acceptors (Lipinski definition) is 5. The zero-order valence-corrected chi connectivity index (χ0v) is 16.4. The lowest BCUT2D eigenvalue weighted by atomic mass is 10.1. The first-order valence-corrected chi connectivity index (χ1v) is 10.0. The second kappa shape index (κ2) is 9.14. The SMILES string of the molecule is FC(F)(F)Oc1ccc(COC2CCN(c3ccc(OC[C@H]4CO4)cc3)CC2)cc1. The third kappa shape index (κ3) is 6.27. The third-order valence-electron chi connectivity index (χ3n) is 5.12. The molecule has 0 saturated carbocycles. The van der Waals surface area contributed by atoms with E-state index in [4.69, 9.17) is 14.2 Å². The molecule has 4 rings (SSSR count). The Morgan fingerprint density at radius 2 is 1.57 bits per heavy atom. The molecule has 2 aliphatic rings. The maximum atomic E-state index is 12.2. The van der Waals surface area contributed by atoms with E-state index in [1.165, 1.54) is 12.1 Å². The summed E-state index contributed by atoms with van der Waals surface area (Å²) < 4.78 is 57.3. The van der Waals surface area contributed by atoms with Gasteiger partial charge in [-0.3, -0.25) is 0 Å². The number of benzene rings is 2. The van der Waals surface area contributed by atoms with Gasteiger partial charge in [0.05, 0.1) is 19.3 Å². The summed E-state index contributed by atoms with van der Waals surface area (Å²) in [7, 11) is 0. The van der Waals surface area contributed by atoms with Crippen LogP contribution >= 0.6 is 0 Å². The molecule has 2 aromatic rings. The van der Waals surface area contributed by atoms with Crippen molar-refractivity contribution in [1.82, 2.24) is 0 Å². The normalized spacial score (nSPS) is 19.6. The Hall–Kier alpha value is -2.45. The Bertz CT molecular complexity index is 799. The molecule has 0 amide bonds. The van der Waals surface area contributed by atoms with E-state index in [2.05, 4.69) is 21.8 Å². The quantitative estimate of drug-likeness (QED) is 0.583. The number of hydrogen-bond donors (Lipinski definition) is 0. The zero-order chi connectivity index (χ0) is 21.0. The van der Waals surface area contributed by atoms with Gasteiger partial charge in [-0.1, -0.05) is 12.1 Å². The fraction of sp³-hybridized carbons (Fsp3) is 0.455. The zero-order valence-electron chi connectivity index (χ0n) is 16.4. The van der Waals surface area contributed by atoms with Crippen LogP contribution in [0.25, 0.3) is 0 Å². The van der Waals surface area contributed by atoms with Gasteiger partial charge in [-0.05, 0) is 54.8 Å². The van der Waals surface area contributed by atoms with E-state index in [1.54, 1.807) is 12.1 Å². The molecule has 5 nitrogen and oxygen atoms in total. The van der Waals surface area contributed by atoms with Gasteiger partial charge in [-0.15, -0.1) is 13.2 Å². The van der Waals surface area contributed by atoms with Crippen molar-refractivity contribution in [2.24, 2.45) is 0 Å². The van der Waals surface area contributed by atoms with E-state index in [0.717, 1.165) is 49.5 Å². The summed E-state index contributed by atoms with van der Waals surface area (Å²) in [6.07, 6.45) is -2.51. The van der Waals surface area contributed by atoms with Crippen LogP contribution in [-0.4, -0.2) is 44.9 Å². The summed E-state index contributed by atoms with van der Waals surface area (Å²) >= 11 is 0. The average molecular weight is 423 g/mol. The van der Waals surface area contributed by atoms with Crippen LogP contribution in [0.15, 0.2) is 48.5 Å². The number of ether oxygens (including phenoxy) is 4. The maximum absolute atomic E-state index is 12.2. The lowest BCUT2D eigenvalue weighted by Gasteiger charge is -2.33. The summed E-state index contributed by atoms with van der Waals surface area (Å²) in [5.41, 5.74) is 1.97. The molecule has 0 aliphatic carbocycles. The Labute approximate surface area is 173 Å². The molecule has 2 heterocycles. The molecular formula is C22H24F3NO4. The highest BCUT2D eigenvalue weighted by Crippen LogP contribution is 2.26. The molecule has 0 spiro atoms. The second-order valence-corrected chi connectivity index (χ2v) is 7.45. The summed E-state index contributed by atoms with van der Waals surface area (Å²) in [5.74, 6) is 0.621. The summed E-state index contributed by atoms with van der Waals surface area (Å²) in [6, 6.07) is 13.9. The molecule has 1 atom stereocenters. The first kappa shape index (κ1) is 20.8. The number of nitrogens with zero attached hydrogens (tertiary/aromatic N) is 1. The Kier molecular flexibility index (Phi) is 6.34. The topological polar surface area (TPSA) is 43.5 Å². The van der Waals surface area contributed by atoms with Crippen LogP contribution in [0.5, 0.6) is 11.5 Å². The van der Waals surface area contributed by atoms with Crippen LogP contribution in [0.3, 0.4) is 0 Å². The molecule has 0 bridgehead atoms. The first-order chi connectivity index (χ1) is 14.4. The second-order valence-electron chi connectivity index (χ2n) is 7.45. The molecule has 162 valence electrons. The number of halogens is 3. The van der Waals surface area contributed by atoms with E-state index in [9.17, 15) is 13.2 Å². The molecule has 2 saturated heterocycles. The first-order valence-electron chi connectivity index (χ1n) is 10.0. The molecule has 30 heavy (non-hydrogen) atoms. The minimum atomic E-state index is -4.68. The van der Waals surface area contributed by atoms with Crippen LogP contribution in [0, 0.1) is 0 Å². The standard InChI is InChI=1S/C22H24F3NO4/c23-22(24,25)30-20-5-1-16(2-6-20)13-27-19-9-11-26(12-10-19)17-3-7-18(8-4-17)28-14-21-15-29-21/h1-8,19,21H,9-15H2/t21-/m0/s1. The number of alkyl halides is 3. The van der Waals surface area contributed by atoms with Gasteiger partial charge in [0.1, 0.15) is 24.2 Å². The van der Waals surface area contributed by atoms with Crippen molar-refractivity contribution in [2.75, 3.05) is 31.2 Å². The van der Waals surface area contributed by atoms with Crippen LogP contribution in [0.2, 0.25) is 0 Å². The van der Waals surface area contributed by atoms with E-state index in [1.807, 2.05) is 12.1 Å². The van der Waals surface area contributed by atoms with Crippen molar-refractivity contribution in [3.63, 3.8) is 0 Å². The highest BCUT2D eigenvalue weighted by atomic mass is 19.4. The van der Waals surface area contributed by atoms with Crippen molar-refractivity contribution in [3.05, 3.63) is 54.1 Å². The Balaban J connectivity index is 1.19. The van der Waals surface area contributed by atoms with Crippen molar-refractivity contribution in [1.29, 1.82) is 0 Å². The van der Waals surface area contributed by atoms with Gasteiger partial charge in [-0.25, -0.2) is 0 Å². The van der Waals surface area contributed by atoms with Gasteiger partial charge in [-0.2, -0.15) is 0 Å². The molecule has 2 aromatic carbocycles. The molecular weight excluding hydrogens is 399 g/mol. The summed E-state index contributed by atoms with van der Waals surface area (Å²) in [4.78, 5) is 2.32. The molecule has 0 N–H and O–H groups in total. The van der Waals surface area contributed by atoms with Gasteiger partial charge >= 0.3 is 6.36 Å². The van der Waals surface area contributed by atoms with Crippen LogP contribution < -0.4 is 14.4 Å². The van der Waals surface area contributed by atoms with Crippen LogP contribution in [-0.2, 0) is 16.1 Å². The largest absolute Gasteiger partial charge is 0.573 e. The van der Waals surface area contributed by atoms with E-state index in [-0.39, 0.29) is 18.0 Å². The Morgan fingerprint density at radius 1 is 0.933 bits per heavy atom. The van der Waals surface area contributed by atoms with Gasteiger partial charge in [0, 0.05) is 18.8 Å². The summed E-state index contributed by atoms with van der Waals surface area (Å²) in [6.45, 7) is 3.53. The number of anilines is 1. The number of epoxide rings is 1. The van der Waals surface area contributed by atoms with Gasteiger partial charge in [0.2, 0.25) is 0 Å². The predicted molar refractivity (Wildman–Crippen MR) is 105 cm³/mol. The van der Waals surface area contributed by atoms with Crippen molar-refractivity contribution in [2.45, 2.75) is 38.0 Å². The molecule has 0 radical (unpaired) electrons. The molecule has 8 heteroatoms. The smallest absolute Gasteiger partial charge is 0.491 e. The third-order valence-corrected chi connectivity index (χ3v) is 5.12. The van der Waals surface area contributed by atoms with Crippen molar-refractivity contribution in [3.8, 4) is 11.5 Å². The van der Waals surface area contributed by atoms with Gasteiger partial charge < -0.3 is 23.8 Å². The molecule has 0 aromatic heterocycles. The predicted octanol–water partition coefficient (Wildman–Crippen LogP) is 4.55. The van der Waals surface area contributed by atoms with Crippen molar-refractivity contribution >= 4 is 5.69 Å². The molecule has 2 fully saturated rings. The minimum Gasteiger partial charge on any atom is -0.491 e. The summed E-state index contributed by atoms with van der Waals surface area (Å²) in [5, 5.41) is 0. The number of piperidine rings is 1. The lowest BCUT2D eigenvalue weighted by molar-refractivity contribution is -0.274. The van der Waals surface area contributed by atoms with Crippen LogP contribution in [0.1, 0.15) is 18.4 Å². The van der Waals surface area contributed by atoms with E-state index < -0.39 is 6.36 Å². The Morgan fingerprint density at radius 3 is 2.17 bits per heavy atom. The fourth-order valence-corrected chi connectivity index (χ4v) is 3.39. The maximum Gasteiger partial charge on any atom is 0.573 e. The lowest BCUT2D eigenvalue weighted by Crippen LogP contribution is -2.36. The number of rotatable bonds is 8. The monoisotopic (exact) mass is 423 g/mol. The van der Waals surface area contributed by atoms with E-state index in [0.29, 0.717) is 13.2 Å². The highest BCUT2D eigenvalue weighted by Gasteiger charge is 2.31. The van der Waals surface area contributed by atoms with Crippen LogP contribution in [0.4, 0.5) is 18.9 Å². The average Bonchev–Trinajstić information content (AvgIpc) is 3.56. The van der Waals surface area contributed by atoms with Gasteiger partial charge in [0.25, 0.3) is 0 Å². The molecule has 2 aliphatic heterocycles.